The lowest BCUT2D eigenvalue weighted by molar-refractivity contribution is 0.559. The Morgan fingerprint density at radius 1 is 0.778 bits per heavy atom. The van der Waals surface area contributed by atoms with E-state index in [-0.39, 0.29) is 0 Å². The number of benzene rings is 2. The summed E-state index contributed by atoms with van der Waals surface area (Å²) in [6.45, 7) is 2.31. The van der Waals surface area contributed by atoms with Crippen LogP contribution in [-0.2, 0) is 0 Å². The fourth-order valence-corrected chi connectivity index (χ4v) is 7.95. The second-order valence-corrected chi connectivity index (χ2v) is 11.2. The molecule has 27 heavy (non-hydrogen) atoms. The van der Waals surface area contributed by atoms with Crippen molar-refractivity contribution in [3.63, 3.8) is 0 Å². The first kappa shape index (κ1) is 19.5. The monoisotopic (exact) mass is 396 g/mol. The van der Waals surface area contributed by atoms with Gasteiger partial charge in [-0.2, -0.15) is 0 Å². The Morgan fingerprint density at radius 3 is 1.96 bits per heavy atom. The van der Waals surface area contributed by atoms with Crippen molar-refractivity contribution in [3.05, 3.63) is 60.7 Å². The van der Waals surface area contributed by atoms with Gasteiger partial charge in [-0.25, -0.2) is 0 Å². The topological polar surface area (TPSA) is 0 Å². The molecule has 0 heterocycles. The first-order chi connectivity index (χ1) is 13.3. The van der Waals surface area contributed by atoms with E-state index in [4.69, 9.17) is 0 Å². The summed E-state index contributed by atoms with van der Waals surface area (Å²) in [4.78, 5) is 2.92. The van der Waals surface area contributed by atoms with Crippen LogP contribution in [0.5, 0.6) is 0 Å². The van der Waals surface area contributed by atoms with Crippen LogP contribution in [0.4, 0.5) is 0 Å². The van der Waals surface area contributed by atoms with Crippen molar-refractivity contribution < 1.29 is 0 Å². The standard InChI is InChI=1S/C25H32S2/c1-2-3-4-5-8-13-21-20-25(21,27-23-16-11-7-12-17-23)24(18-19-24)26-22-14-9-6-10-15-22/h6-7,9-12,14-17,21H,2-5,8,13,18-20H2,1H3. The van der Waals surface area contributed by atoms with E-state index in [1.165, 1.54) is 67.6 Å². The Bertz CT molecular complexity index is 708. The number of hydrogen-bond donors (Lipinski definition) is 0. The molecule has 4 rings (SSSR count). The van der Waals surface area contributed by atoms with E-state index in [0.717, 1.165) is 5.92 Å². The predicted octanol–water partition coefficient (Wildman–Crippen LogP) is 8.22. The molecule has 0 spiro atoms. The van der Waals surface area contributed by atoms with Crippen molar-refractivity contribution in [2.45, 2.75) is 84.0 Å². The van der Waals surface area contributed by atoms with Gasteiger partial charge in [0.25, 0.3) is 0 Å². The summed E-state index contributed by atoms with van der Waals surface area (Å²) in [5.74, 6) is 0.906. The highest BCUT2D eigenvalue weighted by molar-refractivity contribution is 8.05. The molecule has 0 radical (unpaired) electrons. The minimum Gasteiger partial charge on any atom is -0.118 e. The van der Waals surface area contributed by atoms with Gasteiger partial charge < -0.3 is 0 Å². The highest BCUT2D eigenvalue weighted by atomic mass is 32.2. The zero-order chi connectivity index (χ0) is 18.6. The fraction of sp³-hybridized carbons (Fsp3) is 0.520. The molecule has 0 aliphatic heterocycles. The highest BCUT2D eigenvalue weighted by Gasteiger charge is 2.71. The maximum Gasteiger partial charge on any atom is 0.0389 e. The van der Waals surface area contributed by atoms with Gasteiger partial charge in [0, 0.05) is 19.3 Å². The molecule has 2 unspecified atom stereocenters. The molecule has 2 heteroatoms. The zero-order valence-corrected chi connectivity index (χ0v) is 18.2. The largest absolute Gasteiger partial charge is 0.118 e. The molecule has 2 atom stereocenters. The molecule has 0 amide bonds. The molecular weight excluding hydrogens is 364 g/mol. The van der Waals surface area contributed by atoms with Crippen LogP contribution < -0.4 is 0 Å². The molecular formula is C25H32S2. The molecule has 2 saturated carbocycles. The van der Waals surface area contributed by atoms with E-state index in [0.29, 0.717) is 9.49 Å². The van der Waals surface area contributed by atoms with E-state index < -0.39 is 0 Å². The maximum atomic E-state index is 2.31. The molecule has 144 valence electrons. The second kappa shape index (κ2) is 8.66. The Labute approximate surface area is 173 Å². The molecule has 2 fully saturated rings. The molecule has 0 aromatic heterocycles. The van der Waals surface area contributed by atoms with Crippen molar-refractivity contribution >= 4 is 23.5 Å². The van der Waals surface area contributed by atoms with Crippen molar-refractivity contribution in [1.82, 2.24) is 0 Å². The van der Waals surface area contributed by atoms with Crippen molar-refractivity contribution in [2.75, 3.05) is 0 Å². The smallest absolute Gasteiger partial charge is 0.0389 e. The number of thioether (sulfide) groups is 2. The third-order valence-electron chi connectivity index (χ3n) is 6.28. The molecule has 2 aromatic rings. The van der Waals surface area contributed by atoms with Gasteiger partial charge in [0.05, 0.1) is 0 Å². The third-order valence-corrected chi connectivity index (χ3v) is 9.84. The van der Waals surface area contributed by atoms with Gasteiger partial charge >= 0.3 is 0 Å². The van der Waals surface area contributed by atoms with Crippen molar-refractivity contribution in [1.29, 1.82) is 0 Å². The van der Waals surface area contributed by atoms with E-state index in [1.807, 2.05) is 0 Å². The van der Waals surface area contributed by atoms with Crippen LogP contribution in [0, 0.1) is 5.92 Å². The number of rotatable bonds is 11. The molecule has 2 aliphatic rings. The van der Waals surface area contributed by atoms with Crippen LogP contribution in [0.1, 0.15) is 64.7 Å². The lowest BCUT2D eigenvalue weighted by Crippen LogP contribution is -2.26. The third kappa shape index (κ3) is 4.43. The first-order valence-corrected chi connectivity index (χ1v) is 12.4. The first-order valence-electron chi connectivity index (χ1n) is 10.8. The Morgan fingerprint density at radius 2 is 1.37 bits per heavy atom. The summed E-state index contributed by atoms with van der Waals surface area (Å²) in [6.07, 6.45) is 12.6. The molecule has 0 nitrogen and oxygen atoms in total. The molecule has 2 aliphatic carbocycles. The molecule has 0 saturated heterocycles. The summed E-state index contributed by atoms with van der Waals surface area (Å²) in [6, 6.07) is 22.3. The summed E-state index contributed by atoms with van der Waals surface area (Å²) in [5, 5.41) is 0. The van der Waals surface area contributed by atoms with E-state index in [1.54, 1.807) is 0 Å². The summed E-state index contributed by atoms with van der Waals surface area (Å²) in [5.41, 5.74) is 0. The maximum absolute atomic E-state index is 2.31. The van der Waals surface area contributed by atoms with Crippen LogP contribution in [0.3, 0.4) is 0 Å². The molecule has 0 N–H and O–H groups in total. The minimum absolute atomic E-state index is 0.458. The van der Waals surface area contributed by atoms with Gasteiger partial charge in [0.1, 0.15) is 0 Å². The zero-order valence-electron chi connectivity index (χ0n) is 16.5. The fourth-order valence-electron chi connectivity index (χ4n) is 4.55. The number of hydrogen-bond acceptors (Lipinski definition) is 2. The normalized spacial score (nSPS) is 25.3. The van der Waals surface area contributed by atoms with Crippen LogP contribution in [-0.4, -0.2) is 9.49 Å². The van der Waals surface area contributed by atoms with Gasteiger partial charge in [-0.3, -0.25) is 0 Å². The van der Waals surface area contributed by atoms with Crippen LogP contribution in [0.2, 0.25) is 0 Å². The van der Waals surface area contributed by atoms with E-state index in [9.17, 15) is 0 Å². The van der Waals surface area contributed by atoms with Gasteiger partial charge in [-0.1, -0.05) is 75.4 Å². The van der Waals surface area contributed by atoms with Gasteiger partial charge in [0.2, 0.25) is 0 Å². The summed E-state index contributed by atoms with van der Waals surface area (Å²) in [7, 11) is 0. The van der Waals surface area contributed by atoms with Crippen molar-refractivity contribution in [3.8, 4) is 0 Å². The van der Waals surface area contributed by atoms with Gasteiger partial charge in [-0.05, 0) is 55.9 Å². The average Bonchev–Trinajstić information content (AvgIpc) is 3.61. The predicted molar refractivity (Wildman–Crippen MR) is 121 cm³/mol. The SMILES string of the molecule is CCCCCCCC1CC1(Sc1ccccc1)C1(Sc2ccccc2)CC1. The van der Waals surface area contributed by atoms with Crippen LogP contribution in [0.25, 0.3) is 0 Å². The number of unbranched alkanes of at least 4 members (excludes halogenated alkanes) is 4. The van der Waals surface area contributed by atoms with E-state index >= 15 is 0 Å². The Hall–Kier alpha value is -0.860. The van der Waals surface area contributed by atoms with E-state index in [2.05, 4.69) is 91.1 Å². The summed E-state index contributed by atoms with van der Waals surface area (Å²) >= 11 is 4.38. The Kier molecular flexibility index (Phi) is 6.24. The van der Waals surface area contributed by atoms with Crippen molar-refractivity contribution in [2.24, 2.45) is 5.92 Å². The quantitative estimate of drug-likeness (QED) is 0.351. The molecule has 2 aromatic carbocycles. The van der Waals surface area contributed by atoms with Gasteiger partial charge in [0.15, 0.2) is 0 Å². The highest BCUT2D eigenvalue weighted by Crippen LogP contribution is 2.76. The van der Waals surface area contributed by atoms with Crippen LogP contribution in [0.15, 0.2) is 70.5 Å². The average molecular weight is 397 g/mol. The van der Waals surface area contributed by atoms with Crippen LogP contribution >= 0.6 is 23.5 Å². The minimum atomic E-state index is 0.458. The molecule has 0 bridgehead atoms. The summed E-state index contributed by atoms with van der Waals surface area (Å²) < 4.78 is 0.919. The lowest BCUT2D eigenvalue weighted by atomic mass is 10.1. The Balaban J connectivity index is 1.46. The lowest BCUT2D eigenvalue weighted by Gasteiger charge is -2.28. The second-order valence-electron chi connectivity index (χ2n) is 8.32. The van der Waals surface area contributed by atoms with Gasteiger partial charge in [-0.15, -0.1) is 23.5 Å².